The number of aryl methyl sites for hydroxylation is 1. The Balaban J connectivity index is 2.04. The maximum Gasteiger partial charge on any atom is 0.122 e. The number of nitrogens with one attached hydrogen (secondary N) is 1. The molecule has 0 atom stereocenters. The van der Waals surface area contributed by atoms with E-state index in [4.69, 9.17) is 10.00 Å². The zero-order valence-corrected chi connectivity index (χ0v) is 8.62. The fourth-order valence-electron chi connectivity index (χ4n) is 1.79. The van der Waals surface area contributed by atoms with Crippen LogP contribution >= 0.6 is 0 Å². The van der Waals surface area contributed by atoms with Crippen LogP contribution in [0, 0.1) is 11.3 Å². The minimum atomic E-state index is 0.396. The van der Waals surface area contributed by atoms with Gasteiger partial charge in [-0.15, -0.1) is 0 Å². The molecule has 0 aliphatic carbocycles. The second kappa shape index (κ2) is 4.81. The number of hydrogen-bond acceptors (Lipinski definition) is 3. The zero-order chi connectivity index (χ0) is 10.5. The van der Waals surface area contributed by atoms with Crippen molar-refractivity contribution < 1.29 is 4.74 Å². The Hall–Kier alpha value is -1.53. The zero-order valence-electron chi connectivity index (χ0n) is 8.62. The standard InChI is InChI=1S/C12H14N2O/c13-5-6-14-9-10-3-4-12-11(8-10)2-1-7-15-12/h3-4,8,14H,1-2,6-7,9H2. The van der Waals surface area contributed by atoms with Gasteiger partial charge in [0.25, 0.3) is 0 Å². The highest BCUT2D eigenvalue weighted by molar-refractivity contribution is 5.38. The summed E-state index contributed by atoms with van der Waals surface area (Å²) >= 11 is 0. The molecule has 1 aliphatic heterocycles. The molecule has 0 saturated carbocycles. The molecule has 0 fully saturated rings. The molecule has 0 radical (unpaired) electrons. The first kappa shape index (κ1) is 10.0. The van der Waals surface area contributed by atoms with E-state index < -0.39 is 0 Å². The van der Waals surface area contributed by atoms with Gasteiger partial charge in [0.2, 0.25) is 0 Å². The summed E-state index contributed by atoms with van der Waals surface area (Å²) in [5.74, 6) is 1.02. The first-order valence-corrected chi connectivity index (χ1v) is 5.22. The van der Waals surface area contributed by atoms with Gasteiger partial charge in [-0.05, 0) is 30.0 Å². The number of ether oxygens (including phenoxy) is 1. The van der Waals surface area contributed by atoms with Gasteiger partial charge >= 0.3 is 0 Å². The second-order valence-electron chi connectivity index (χ2n) is 3.66. The van der Waals surface area contributed by atoms with E-state index in [-0.39, 0.29) is 0 Å². The molecule has 2 rings (SSSR count). The number of benzene rings is 1. The molecule has 1 aromatic carbocycles. The van der Waals surface area contributed by atoms with Crippen LogP contribution in [0.3, 0.4) is 0 Å². The molecule has 1 aromatic rings. The van der Waals surface area contributed by atoms with Crippen LogP contribution in [0.2, 0.25) is 0 Å². The molecule has 78 valence electrons. The van der Waals surface area contributed by atoms with Crippen LogP contribution in [0.25, 0.3) is 0 Å². The van der Waals surface area contributed by atoms with Crippen LogP contribution in [0.1, 0.15) is 17.5 Å². The molecule has 3 heteroatoms. The van der Waals surface area contributed by atoms with Crippen molar-refractivity contribution in [1.82, 2.24) is 5.32 Å². The molecule has 0 spiro atoms. The maximum absolute atomic E-state index is 8.40. The minimum Gasteiger partial charge on any atom is -0.493 e. The molecule has 1 heterocycles. The van der Waals surface area contributed by atoms with Crippen molar-refractivity contribution in [2.24, 2.45) is 0 Å². The summed E-state index contributed by atoms with van der Waals surface area (Å²) in [6.07, 6.45) is 2.20. The summed E-state index contributed by atoms with van der Waals surface area (Å²) in [6, 6.07) is 8.31. The lowest BCUT2D eigenvalue weighted by Crippen LogP contribution is -2.14. The van der Waals surface area contributed by atoms with Crippen molar-refractivity contribution in [3.05, 3.63) is 29.3 Å². The summed E-state index contributed by atoms with van der Waals surface area (Å²) < 4.78 is 5.53. The summed E-state index contributed by atoms with van der Waals surface area (Å²) in [5.41, 5.74) is 2.51. The Bertz CT molecular complexity index is 382. The predicted molar refractivity (Wildman–Crippen MR) is 57.6 cm³/mol. The normalized spacial score (nSPS) is 13.8. The van der Waals surface area contributed by atoms with Gasteiger partial charge < -0.3 is 10.1 Å². The van der Waals surface area contributed by atoms with Gasteiger partial charge in [0, 0.05) is 6.54 Å². The summed E-state index contributed by atoms with van der Waals surface area (Å²) in [6.45, 7) is 1.98. The molecule has 0 unspecified atom stereocenters. The highest BCUT2D eigenvalue weighted by Crippen LogP contribution is 2.25. The van der Waals surface area contributed by atoms with Gasteiger partial charge in [-0.1, -0.05) is 12.1 Å². The van der Waals surface area contributed by atoms with Crippen LogP contribution in [-0.4, -0.2) is 13.2 Å². The Morgan fingerprint density at radius 2 is 2.40 bits per heavy atom. The Labute approximate surface area is 89.7 Å². The van der Waals surface area contributed by atoms with E-state index in [0.29, 0.717) is 6.54 Å². The molecule has 1 aliphatic rings. The van der Waals surface area contributed by atoms with E-state index in [1.807, 2.05) is 6.07 Å². The molecule has 0 saturated heterocycles. The van der Waals surface area contributed by atoms with Crippen LogP contribution in [0.5, 0.6) is 5.75 Å². The Kier molecular flexibility index (Phi) is 3.21. The van der Waals surface area contributed by atoms with Crippen molar-refractivity contribution in [1.29, 1.82) is 5.26 Å². The fraction of sp³-hybridized carbons (Fsp3) is 0.417. The second-order valence-corrected chi connectivity index (χ2v) is 3.66. The van der Waals surface area contributed by atoms with Crippen LogP contribution in [-0.2, 0) is 13.0 Å². The third-order valence-corrected chi connectivity index (χ3v) is 2.51. The number of fused-ring (bicyclic) bond motifs is 1. The summed E-state index contributed by atoms with van der Waals surface area (Å²) in [4.78, 5) is 0. The first-order valence-electron chi connectivity index (χ1n) is 5.22. The van der Waals surface area contributed by atoms with Crippen molar-refractivity contribution in [2.75, 3.05) is 13.2 Å². The number of nitrogens with zero attached hydrogens (tertiary/aromatic N) is 1. The Morgan fingerprint density at radius 3 is 3.27 bits per heavy atom. The minimum absolute atomic E-state index is 0.396. The van der Waals surface area contributed by atoms with Crippen molar-refractivity contribution in [3.8, 4) is 11.8 Å². The summed E-state index contributed by atoms with van der Waals surface area (Å²) in [7, 11) is 0. The van der Waals surface area contributed by atoms with Crippen molar-refractivity contribution in [3.63, 3.8) is 0 Å². The average molecular weight is 202 g/mol. The largest absolute Gasteiger partial charge is 0.493 e. The quantitative estimate of drug-likeness (QED) is 0.598. The molecule has 3 nitrogen and oxygen atoms in total. The third kappa shape index (κ3) is 2.48. The van der Waals surface area contributed by atoms with Crippen LogP contribution in [0.4, 0.5) is 0 Å². The smallest absolute Gasteiger partial charge is 0.122 e. The topological polar surface area (TPSA) is 45.0 Å². The first-order chi connectivity index (χ1) is 7.40. The van der Waals surface area contributed by atoms with Gasteiger partial charge in [-0.2, -0.15) is 5.26 Å². The van der Waals surface area contributed by atoms with E-state index in [1.54, 1.807) is 0 Å². The lowest BCUT2D eigenvalue weighted by Gasteiger charge is -2.17. The number of rotatable bonds is 3. The van der Waals surface area contributed by atoms with E-state index >= 15 is 0 Å². The fourth-order valence-corrected chi connectivity index (χ4v) is 1.79. The predicted octanol–water partition coefficient (Wildman–Crippen LogP) is 1.62. The molecule has 1 N–H and O–H groups in total. The molecule has 15 heavy (non-hydrogen) atoms. The van der Waals surface area contributed by atoms with Gasteiger partial charge in [0.05, 0.1) is 19.2 Å². The molecular weight excluding hydrogens is 188 g/mol. The lowest BCUT2D eigenvalue weighted by molar-refractivity contribution is 0.288. The Morgan fingerprint density at radius 1 is 1.47 bits per heavy atom. The summed E-state index contributed by atoms with van der Waals surface area (Å²) in [5, 5.41) is 11.5. The maximum atomic E-state index is 8.40. The van der Waals surface area contributed by atoms with Gasteiger partial charge in [-0.3, -0.25) is 0 Å². The third-order valence-electron chi connectivity index (χ3n) is 2.51. The van der Waals surface area contributed by atoms with Gasteiger partial charge in [-0.25, -0.2) is 0 Å². The lowest BCUT2D eigenvalue weighted by atomic mass is 10.0. The van der Waals surface area contributed by atoms with E-state index in [0.717, 1.165) is 31.7 Å². The van der Waals surface area contributed by atoms with Crippen LogP contribution in [0.15, 0.2) is 18.2 Å². The molecular formula is C12H14N2O. The monoisotopic (exact) mass is 202 g/mol. The SMILES string of the molecule is N#CCNCc1ccc2c(c1)CCCO2. The van der Waals surface area contributed by atoms with E-state index in [9.17, 15) is 0 Å². The van der Waals surface area contributed by atoms with E-state index in [2.05, 4.69) is 23.5 Å². The highest BCUT2D eigenvalue weighted by atomic mass is 16.5. The molecule has 0 bridgehead atoms. The number of hydrogen-bond donors (Lipinski definition) is 1. The number of nitriles is 1. The van der Waals surface area contributed by atoms with Gasteiger partial charge in [0.1, 0.15) is 5.75 Å². The average Bonchev–Trinajstić information content (AvgIpc) is 2.29. The van der Waals surface area contributed by atoms with Gasteiger partial charge in [0.15, 0.2) is 0 Å². The van der Waals surface area contributed by atoms with E-state index in [1.165, 1.54) is 11.1 Å². The van der Waals surface area contributed by atoms with Crippen molar-refractivity contribution in [2.45, 2.75) is 19.4 Å². The molecule has 0 aromatic heterocycles. The highest BCUT2D eigenvalue weighted by Gasteiger charge is 2.09. The van der Waals surface area contributed by atoms with Crippen LogP contribution < -0.4 is 10.1 Å². The molecule has 0 amide bonds. The van der Waals surface area contributed by atoms with Crippen molar-refractivity contribution >= 4 is 0 Å².